The number of carbonyl (C=O) groups excluding carboxylic acids is 1. The highest BCUT2D eigenvalue weighted by Crippen LogP contribution is 2.41. The third-order valence-electron chi connectivity index (χ3n) is 4.25. The molecule has 3 rings (SSSR count). The summed E-state index contributed by atoms with van der Waals surface area (Å²) in [5.41, 5.74) is 0.634. The Labute approximate surface area is 148 Å². The van der Waals surface area contributed by atoms with Crippen LogP contribution in [0.15, 0.2) is 47.4 Å². The molecule has 1 atom stereocenters. The first kappa shape index (κ1) is 17.4. The lowest BCUT2D eigenvalue weighted by molar-refractivity contribution is -0.385. The van der Waals surface area contributed by atoms with Gasteiger partial charge in [0.05, 0.1) is 11.0 Å². The van der Waals surface area contributed by atoms with E-state index in [0.717, 1.165) is 23.3 Å². The molecule has 25 heavy (non-hydrogen) atoms. The molecule has 0 saturated heterocycles. The van der Waals surface area contributed by atoms with Crippen LogP contribution in [0.3, 0.4) is 0 Å². The fourth-order valence-electron chi connectivity index (χ4n) is 2.78. The molecule has 0 radical (unpaired) electrons. The van der Waals surface area contributed by atoms with Gasteiger partial charge in [-0.1, -0.05) is 12.1 Å². The zero-order valence-corrected chi connectivity index (χ0v) is 14.4. The number of nitrogens with one attached hydrogen (secondary N) is 1. The van der Waals surface area contributed by atoms with Gasteiger partial charge in [-0.15, -0.1) is 11.8 Å². The van der Waals surface area contributed by atoms with Crippen LogP contribution in [-0.4, -0.2) is 17.1 Å². The third kappa shape index (κ3) is 3.99. The smallest absolute Gasteiger partial charge is 0.282 e. The Morgan fingerprint density at radius 1 is 1.28 bits per heavy atom. The van der Waals surface area contributed by atoms with Crippen molar-refractivity contribution in [2.24, 2.45) is 5.92 Å². The van der Waals surface area contributed by atoms with Gasteiger partial charge in [0.2, 0.25) is 0 Å². The van der Waals surface area contributed by atoms with Gasteiger partial charge >= 0.3 is 0 Å². The average Bonchev–Trinajstić information content (AvgIpc) is 3.44. The topological polar surface area (TPSA) is 72.2 Å². The molecule has 0 aromatic heterocycles. The van der Waals surface area contributed by atoms with Gasteiger partial charge in [-0.3, -0.25) is 14.9 Å². The van der Waals surface area contributed by atoms with E-state index in [9.17, 15) is 19.3 Å². The Hall–Kier alpha value is -2.41. The van der Waals surface area contributed by atoms with Crippen LogP contribution in [0.25, 0.3) is 0 Å². The fourth-order valence-corrected chi connectivity index (χ4v) is 3.22. The van der Waals surface area contributed by atoms with Crippen molar-refractivity contribution in [1.82, 2.24) is 5.32 Å². The van der Waals surface area contributed by atoms with Crippen molar-refractivity contribution in [2.45, 2.75) is 23.8 Å². The van der Waals surface area contributed by atoms with Crippen molar-refractivity contribution in [3.05, 3.63) is 69.5 Å². The first-order chi connectivity index (χ1) is 12.0. The van der Waals surface area contributed by atoms with Crippen molar-refractivity contribution in [1.29, 1.82) is 0 Å². The third-order valence-corrected chi connectivity index (χ3v) is 4.98. The lowest BCUT2D eigenvalue weighted by atomic mass is 10.0. The molecule has 0 spiro atoms. The molecule has 1 amide bonds. The summed E-state index contributed by atoms with van der Waals surface area (Å²) in [7, 11) is 0. The number of carbonyl (C=O) groups is 1. The normalized spacial score (nSPS) is 14.8. The van der Waals surface area contributed by atoms with E-state index >= 15 is 0 Å². The van der Waals surface area contributed by atoms with Crippen molar-refractivity contribution in [3.63, 3.8) is 0 Å². The van der Waals surface area contributed by atoms with Crippen LogP contribution in [0.2, 0.25) is 0 Å². The fraction of sp³-hybridized carbons (Fsp3) is 0.278. The van der Waals surface area contributed by atoms with Crippen molar-refractivity contribution in [3.8, 4) is 0 Å². The van der Waals surface area contributed by atoms with Crippen LogP contribution >= 0.6 is 11.8 Å². The Morgan fingerprint density at radius 3 is 2.52 bits per heavy atom. The highest BCUT2D eigenvalue weighted by atomic mass is 32.2. The van der Waals surface area contributed by atoms with Gasteiger partial charge in [-0.25, -0.2) is 4.39 Å². The predicted octanol–water partition coefficient (Wildman–Crippen LogP) is 4.34. The second-order valence-electron chi connectivity index (χ2n) is 5.98. The van der Waals surface area contributed by atoms with E-state index in [1.165, 1.54) is 36.0 Å². The molecule has 1 N–H and O–H groups in total. The SMILES string of the molecule is CSc1ccc([N+](=O)[O-])c(C(=O)NC(c2ccc(F)cc2)C2CC2)c1. The van der Waals surface area contributed by atoms with Crippen molar-refractivity contribution in [2.75, 3.05) is 6.26 Å². The van der Waals surface area contributed by atoms with Crippen molar-refractivity contribution >= 4 is 23.4 Å². The van der Waals surface area contributed by atoms with Gasteiger partial charge in [-0.05, 0) is 54.8 Å². The molecule has 0 aliphatic heterocycles. The Kier molecular flexibility index (Phi) is 5.03. The molecular weight excluding hydrogens is 343 g/mol. The van der Waals surface area contributed by atoms with Gasteiger partial charge in [0.1, 0.15) is 11.4 Å². The highest BCUT2D eigenvalue weighted by molar-refractivity contribution is 7.98. The molecule has 1 aliphatic carbocycles. The molecule has 130 valence electrons. The minimum atomic E-state index is -0.553. The Balaban J connectivity index is 1.89. The van der Waals surface area contributed by atoms with Crippen LogP contribution in [0.5, 0.6) is 0 Å². The zero-order valence-electron chi connectivity index (χ0n) is 13.6. The summed E-state index contributed by atoms with van der Waals surface area (Å²) < 4.78 is 13.2. The number of hydrogen-bond acceptors (Lipinski definition) is 4. The maximum Gasteiger partial charge on any atom is 0.282 e. The number of halogens is 1. The van der Waals surface area contributed by atoms with Crippen LogP contribution < -0.4 is 5.32 Å². The Morgan fingerprint density at radius 2 is 1.96 bits per heavy atom. The molecular formula is C18H17FN2O3S. The monoisotopic (exact) mass is 360 g/mol. The van der Waals surface area contributed by atoms with E-state index in [0.29, 0.717) is 0 Å². The molecule has 7 heteroatoms. The molecule has 5 nitrogen and oxygen atoms in total. The predicted molar refractivity (Wildman–Crippen MR) is 94.2 cm³/mol. The van der Waals surface area contributed by atoms with E-state index < -0.39 is 10.8 Å². The van der Waals surface area contributed by atoms with Crippen LogP contribution in [0, 0.1) is 21.8 Å². The minimum Gasteiger partial charge on any atom is -0.345 e. The summed E-state index contributed by atoms with van der Waals surface area (Å²) in [6, 6.07) is 10.2. The number of nitro groups is 1. The first-order valence-electron chi connectivity index (χ1n) is 7.88. The second kappa shape index (κ2) is 7.23. The summed E-state index contributed by atoms with van der Waals surface area (Å²) in [6.45, 7) is 0. The summed E-state index contributed by atoms with van der Waals surface area (Å²) in [5.74, 6) is -0.547. The Bertz CT molecular complexity index is 806. The number of nitro benzene ring substituents is 1. The quantitative estimate of drug-likeness (QED) is 0.473. The van der Waals surface area contributed by atoms with Gasteiger partial charge in [0.25, 0.3) is 11.6 Å². The lowest BCUT2D eigenvalue weighted by Gasteiger charge is -2.19. The van der Waals surface area contributed by atoms with Gasteiger partial charge in [0, 0.05) is 11.0 Å². The maximum atomic E-state index is 13.2. The molecule has 2 aromatic rings. The van der Waals surface area contributed by atoms with Gasteiger partial charge in [0.15, 0.2) is 0 Å². The summed E-state index contributed by atoms with van der Waals surface area (Å²) in [6.07, 6.45) is 3.78. The summed E-state index contributed by atoms with van der Waals surface area (Å²) in [5, 5.41) is 14.1. The van der Waals surface area contributed by atoms with E-state index in [1.54, 1.807) is 18.2 Å². The van der Waals surface area contributed by atoms with E-state index in [1.807, 2.05) is 6.26 Å². The molecule has 0 bridgehead atoms. The largest absolute Gasteiger partial charge is 0.345 e. The molecule has 1 fully saturated rings. The number of thioether (sulfide) groups is 1. The van der Waals surface area contributed by atoms with Crippen LogP contribution in [0.4, 0.5) is 10.1 Å². The summed E-state index contributed by atoms with van der Waals surface area (Å²) in [4.78, 5) is 24.2. The molecule has 1 saturated carbocycles. The number of benzene rings is 2. The van der Waals surface area contributed by atoms with E-state index in [4.69, 9.17) is 0 Å². The lowest BCUT2D eigenvalue weighted by Crippen LogP contribution is -2.30. The van der Waals surface area contributed by atoms with Gasteiger partial charge in [-0.2, -0.15) is 0 Å². The van der Waals surface area contributed by atoms with Gasteiger partial charge < -0.3 is 5.32 Å². The average molecular weight is 360 g/mol. The van der Waals surface area contributed by atoms with E-state index in [-0.39, 0.29) is 29.0 Å². The molecule has 0 heterocycles. The minimum absolute atomic E-state index is 0.0459. The second-order valence-corrected chi connectivity index (χ2v) is 6.86. The number of nitrogens with zero attached hydrogens (tertiary/aromatic N) is 1. The van der Waals surface area contributed by atoms with E-state index in [2.05, 4.69) is 5.32 Å². The van der Waals surface area contributed by atoms with Crippen molar-refractivity contribution < 1.29 is 14.1 Å². The first-order valence-corrected chi connectivity index (χ1v) is 9.11. The highest BCUT2D eigenvalue weighted by Gasteiger charge is 2.34. The summed E-state index contributed by atoms with van der Waals surface area (Å²) >= 11 is 1.41. The number of hydrogen-bond donors (Lipinski definition) is 1. The zero-order chi connectivity index (χ0) is 18.0. The number of rotatable bonds is 6. The molecule has 1 unspecified atom stereocenters. The van der Waals surface area contributed by atoms with Crippen LogP contribution in [-0.2, 0) is 0 Å². The molecule has 1 aliphatic rings. The number of amides is 1. The molecule has 2 aromatic carbocycles. The standard InChI is InChI=1S/C18H17FN2O3S/c1-25-14-8-9-16(21(23)24)15(10-14)18(22)20-17(11-2-3-11)12-4-6-13(19)7-5-12/h4-11,17H,2-3H2,1H3,(H,20,22). The van der Waals surface area contributed by atoms with Crippen LogP contribution in [0.1, 0.15) is 34.8 Å². The maximum absolute atomic E-state index is 13.2.